The predicted molar refractivity (Wildman–Crippen MR) is 74.0 cm³/mol. The van der Waals surface area contributed by atoms with Gasteiger partial charge in [0.05, 0.1) is 19.3 Å². The van der Waals surface area contributed by atoms with Crippen molar-refractivity contribution < 1.29 is 22.3 Å². The van der Waals surface area contributed by atoms with Crippen molar-refractivity contribution >= 4 is 10.0 Å². The smallest absolute Gasteiger partial charge is 0.274 e. The van der Waals surface area contributed by atoms with Gasteiger partial charge in [0.15, 0.2) is 0 Å². The molecule has 0 saturated heterocycles. The second-order valence-corrected chi connectivity index (χ2v) is 5.86. The summed E-state index contributed by atoms with van der Waals surface area (Å²) in [4.78, 5) is 0. The van der Waals surface area contributed by atoms with Crippen LogP contribution in [-0.4, -0.2) is 48.4 Å². The normalized spacial score (nSPS) is 13.6. The maximum Gasteiger partial charge on any atom is 0.274 e. The Bertz CT molecular complexity index is 486. The van der Waals surface area contributed by atoms with Gasteiger partial charge in [-0.1, -0.05) is 6.92 Å². The van der Waals surface area contributed by atoms with Gasteiger partial charge in [0.25, 0.3) is 10.0 Å². The molecule has 0 aromatic carbocycles. The zero-order valence-corrected chi connectivity index (χ0v) is 12.8. The summed E-state index contributed by atoms with van der Waals surface area (Å²) < 4.78 is 41.8. The van der Waals surface area contributed by atoms with Crippen molar-refractivity contribution in [1.82, 2.24) is 10.0 Å². The number of hydrogen-bond acceptors (Lipinski definition) is 6. The van der Waals surface area contributed by atoms with Crippen LogP contribution < -0.4 is 10.0 Å². The van der Waals surface area contributed by atoms with Crippen molar-refractivity contribution in [2.45, 2.75) is 24.7 Å². The molecule has 1 atom stereocenters. The Morgan fingerprint density at radius 2 is 2.10 bits per heavy atom. The average Bonchev–Trinajstić information content (AvgIpc) is 2.90. The molecule has 0 radical (unpaired) electrons. The standard InChI is InChI=1S/C12H22N2O5S/c1-4-13-7-10-5-6-12(19-10)20(15,16)14-8-11(18-3)9-17-2/h5-6,11,13-14H,4,7-9H2,1-3H3. The second-order valence-electron chi connectivity index (χ2n) is 4.17. The van der Waals surface area contributed by atoms with E-state index in [1.165, 1.54) is 20.3 Å². The van der Waals surface area contributed by atoms with Crippen LogP contribution in [-0.2, 0) is 26.0 Å². The molecular weight excluding hydrogens is 284 g/mol. The third-order valence-electron chi connectivity index (χ3n) is 2.64. The number of furan rings is 1. The van der Waals surface area contributed by atoms with Crippen molar-refractivity contribution in [3.8, 4) is 0 Å². The lowest BCUT2D eigenvalue weighted by molar-refractivity contribution is 0.0319. The number of rotatable bonds is 10. The third-order valence-corrected chi connectivity index (χ3v) is 3.93. The summed E-state index contributed by atoms with van der Waals surface area (Å²) >= 11 is 0. The molecule has 0 aliphatic rings. The maximum atomic E-state index is 12.0. The van der Waals surface area contributed by atoms with Crippen molar-refractivity contribution in [2.24, 2.45) is 0 Å². The fraction of sp³-hybridized carbons (Fsp3) is 0.667. The molecule has 8 heteroatoms. The molecule has 0 fully saturated rings. The van der Waals surface area contributed by atoms with Crippen molar-refractivity contribution in [1.29, 1.82) is 0 Å². The highest BCUT2D eigenvalue weighted by molar-refractivity contribution is 7.89. The first-order valence-electron chi connectivity index (χ1n) is 6.34. The van der Waals surface area contributed by atoms with E-state index in [2.05, 4.69) is 10.0 Å². The summed E-state index contributed by atoms with van der Waals surface area (Å²) in [7, 11) is -0.641. The van der Waals surface area contributed by atoms with Crippen LogP contribution in [0.5, 0.6) is 0 Å². The van der Waals surface area contributed by atoms with E-state index in [0.29, 0.717) is 18.9 Å². The molecule has 7 nitrogen and oxygen atoms in total. The van der Waals surface area contributed by atoms with Crippen LogP contribution >= 0.6 is 0 Å². The quantitative estimate of drug-likeness (QED) is 0.647. The van der Waals surface area contributed by atoms with Gasteiger partial charge in [0.2, 0.25) is 5.09 Å². The number of ether oxygens (including phenoxy) is 2. The van der Waals surface area contributed by atoms with Crippen molar-refractivity contribution in [3.63, 3.8) is 0 Å². The number of hydrogen-bond donors (Lipinski definition) is 2. The number of methoxy groups -OCH3 is 2. The molecule has 2 N–H and O–H groups in total. The van der Waals surface area contributed by atoms with Crippen molar-refractivity contribution in [3.05, 3.63) is 17.9 Å². The largest absolute Gasteiger partial charge is 0.447 e. The molecule has 0 spiro atoms. The first-order valence-corrected chi connectivity index (χ1v) is 7.82. The van der Waals surface area contributed by atoms with Crippen LogP contribution in [0.15, 0.2) is 21.6 Å². The van der Waals surface area contributed by atoms with Gasteiger partial charge in [-0.2, -0.15) is 0 Å². The minimum atomic E-state index is -3.67. The summed E-state index contributed by atoms with van der Waals surface area (Å²) in [5.74, 6) is 0.576. The fourth-order valence-corrected chi connectivity index (χ4v) is 2.53. The lowest BCUT2D eigenvalue weighted by Crippen LogP contribution is -2.35. The van der Waals surface area contributed by atoms with E-state index < -0.39 is 10.0 Å². The van der Waals surface area contributed by atoms with E-state index >= 15 is 0 Å². The number of sulfonamides is 1. The lowest BCUT2D eigenvalue weighted by atomic mass is 10.4. The summed E-state index contributed by atoms with van der Waals surface area (Å²) in [6, 6.07) is 3.08. The molecule has 0 saturated carbocycles. The first-order chi connectivity index (χ1) is 9.53. The van der Waals surface area contributed by atoms with Crippen LogP contribution in [0, 0.1) is 0 Å². The molecular formula is C12H22N2O5S. The predicted octanol–water partition coefficient (Wildman–Crippen LogP) is 0.329. The van der Waals surface area contributed by atoms with Gasteiger partial charge in [-0.15, -0.1) is 0 Å². The van der Waals surface area contributed by atoms with Crippen LogP contribution in [0.4, 0.5) is 0 Å². The SMILES string of the molecule is CCNCc1ccc(S(=O)(=O)NCC(COC)OC)o1. The van der Waals surface area contributed by atoms with Gasteiger partial charge in [-0.25, -0.2) is 13.1 Å². The van der Waals surface area contributed by atoms with Gasteiger partial charge >= 0.3 is 0 Å². The second kappa shape index (κ2) is 8.38. The Hall–Kier alpha value is -0.930. The monoisotopic (exact) mass is 306 g/mol. The zero-order chi connectivity index (χ0) is 15.0. The number of nitrogens with one attached hydrogen (secondary N) is 2. The minimum Gasteiger partial charge on any atom is -0.447 e. The molecule has 1 rings (SSSR count). The first kappa shape index (κ1) is 17.1. The summed E-state index contributed by atoms with van der Waals surface area (Å²) in [6.07, 6.45) is -0.342. The molecule has 1 unspecified atom stereocenters. The zero-order valence-electron chi connectivity index (χ0n) is 12.0. The van der Waals surface area contributed by atoms with E-state index in [9.17, 15) is 8.42 Å². The summed E-state index contributed by atoms with van der Waals surface area (Å²) in [5.41, 5.74) is 0. The average molecular weight is 306 g/mol. The summed E-state index contributed by atoms with van der Waals surface area (Å²) in [5, 5.41) is 2.96. The van der Waals surface area contributed by atoms with E-state index in [1.807, 2.05) is 6.92 Å². The molecule has 0 amide bonds. The molecule has 0 bridgehead atoms. The molecule has 0 aliphatic heterocycles. The van der Waals surface area contributed by atoms with E-state index in [-0.39, 0.29) is 17.7 Å². The van der Waals surface area contributed by atoms with Crippen LogP contribution in [0.25, 0.3) is 0 Å². The van der Waals surface area contributed by atoms with E-state index in [1.54, 1.807) is 6.07 Å². The molecule has 1 aromatic heterocycles. The lowest BCUT2D eigenvalue weighted by Gasteiger charge is -2.14. The van der Waals surface area contributed by atoms with Gasteiger partial charge in [0, 0.05) is 20.8 Å². The molecule has 0 aliphatic carbocycles. The third kappa shape index (κ3) is 5.22. The molecule has 20 heavy (non-hydrogen) atoms. The van der Waals surface area contributed by atoms with Gasteiger partial charge in [-0.05, 0) is 18.7 Å². The Morgan fingerprint density at radius 3 is 2.70 bits per heavy atom. The fourth-order valence-electron chi connectivity index (χ4n) is 1.52. The van der Waals surface area contributed by atoms with Crippen LogP contribution in [0.1, 0.15) is 12.7 Å². The Balaban J connectivity index is 2.61. The Morgan fingerprint density at radius 1 is 1.35 bits per heavy atom. The van der Waals surface area contributed by atoms with Gasteiger partial charge < -0.3 is 19.2 Å². The van der Waals surface area contributed by atoms with Crippen molar-refractivity contribution in [2.75, 3.05) is 33.9 Å². The highest BCUT2D eigenvalue weighted by atomic mass is 32.2. The molecule has 1 heterocycles. The van der Waals surface area contributed by atoms with Crippen LogP contribution in [0.3, 0.4) is 0 Å². The highest BCUT2D eigenvalue weighted by Crippen LogP contribution is 2.13. The Labute approximate surface area is 119 Å². The van der Waals surface area contributed by atoms with Crippen LogP contribution in [0.2, 0.25) is 0 Å². The topological polar surface area (TPSA) is 89.8 Å². The highest BCUT2D eigenvalue weighted by Gasteiger charge is 2.20. The summed E-state index contributed by atoms with van der Waals surface area (Å²) in [6.45, 7) is 3.67. The van der Waals surface area contributed by atoms with Gasteiger partial charge in [0.1, 0.15) is 5.76 Å². The Kier molecular flexibility index (Phi) is 7.17. The van der Waals surface area contributed by atoms with E-state index in [4.69, 9.17) is 13.9 Å². The maximum absolute atomic E-state index is 12.0. The minimum absolute atomic E-state index is 0.0994. The van der Waals surface area contributed by atoms with E-state index in [0.717, 1.165) is 6.54 Å². The molecule has 116 valence electrons. The molecule has 1 aromatic rings. The van der Waals surface area contributed by atoms with Gasteiger partial charge in [-0.3, -0.25) is 0 Å².